The van der Waals surface area contributed by atoms with E-state index in [0.29, 0.717) is 12.3 Å². The average Bonchev–Trinajstić information content (AvgIpc) is 3.93. The molecule has 0 bridgehead atoms. The lowest BCUT2D eigenvalue weighted by Crippen LogP contribution is -2.46. The van der Waals surface area contributed by atoms with Crippen LogP contribution < -0.4 is 9.47 Å². The highest BCUT2D eigenvalue weighted by molar-refractivity contribution is 5.70. The third-order valence-electron chi connectivity index (χ3n) is 8.83. The maximum absolute atomic E-state index is 11.4. The van der Waals surface area contributed by atoms with E-state index in [1.807, 2.05) is 32.0 Å². The lowest BCUT2D eigenvalue weighted by Gasteiger charge is -2.43. The summed E-state index contributed by atoms with van der Waals surface area (Å²) in [6, 6.07) is 17.0. The number of rotatable bonds is 8. The first-order chi connectivity index (χ1) is 21.2. The van der Waals surface area contributed by atoms with Crippen LogP contribution in [0.15, 0.2) is 54.7 Å². The molecule has 2 aromatic carbocycles. The third kappa shape index (κ3) is 8.84. The van der Waals surface area contributed by atoms with E-state index in [-0.39, 0.29) is 11.6 Å². The van der Waals surface area contributed by atoms with Gasteiger partial charge in [0.05, 0.1) is 13.0 Å². The molecule has 1 aliphatic carbocycles. The van der Waals surface area contributed by atoms with Gasteiger partial charge in [0, 0.05) is 24.3 Å². The van der Waals surface area contributed by atoms with Crippen molar-refractivity contribution < 1.29 is 19.4 Å². The molecule has 3 heterocycles. The molecule has 6 heteroatoms. The second-order valence-corrected chi connectivity index (χ2v) is 12.8. The fourth-order valence-corrected chi connectivity index (χ4v) is 5.95. The van der Waals surface area contributed by atoms with Crippen LogP contribution in [0, 0.1) is 5.92 Å². The molecule has 44 heavy (non-hydrogen) atoms. The van der Waals surface area contributed by atoms with Gasteiger partial charge < -0.3 is 14.6 Å². The number of piperidine rings is 1. The number of likely N-dealkylation sites (tertiary alicyclic amines) is 1. The number of fused-ring (bicyclic) bond motifs is 1. The zero-order chi connectivity index (χ0) is 31.7. The van der Waals surface area contributed by atoms with Gasteiger partial charge in [-0.3, -0.25) is 9.69 Å². The Morgan fingerprint density at radius 1 is 1.07 bits per heavy atom. The molecule has 0 amide bonds. The standard InChI is InChI=1S/C33H40N2O4.C3H6.C2H6/c1-22(32(36)37)17-23-7-8-24-10-12-29(39-30(24)18-23)26-9-11-28(25-13-15-34-31(20-25)38-4)27(19-26)21-35-16-6-5-14-33(35,2)3;1-2-3-1;1-2/h7-9,11,13,15,18-20,22,29H,5-6,10,12,14,16-17,21H2,1-4H3,(H,36,37);1-3H2;1-2H3/t22?,29-;;/m0../s1. The first-order valence-electron chi connectivity index (χ1n) is 16.6. The summed E-state index contributed by atoms with van der Waals surface area (Å²) in [6.07, 6.45) is 12.3. The van der Waals surface area contributed by atoms with Crippen LogP contribution in [-0.2, 0) is 24.2 Å². The van der Waals surface area contributed by atoms with Crippen molar-refractivity contribution in [2.45, 2.75) is 111 Å². The molecule has 2 atom stereocenters. The topological polar surface area (TPSA) is 71.9 Å². The van der Waals surface area contributed by atoms with Crippen molar-refractivity contribution in [1.82, 2.24) is 9.88 Å². The summed E-state index contributed by atoms with van der Waals surface area (Å²) in [4.78, 5) is 18.3. The minimum Gasteiger partial charge on any atom is -0.485 e. The minimum absolute atomic E-state index is 0.0428. The highest BCUT2D eigenvalue weighted by atomic mass is 16.5. The SMILES string of the molecule is C1CC1.CC.COc1cc(-c2ccc([C@@H]3CCc4ccc(CC(C)C(=O)O)cc4O3)cc2CN2CCCCC2(C)C)ccn1. The van der Waals surface area contributed by atoms with Gasteiger partial charge in [-0.2, -0.15) is 0 Å². The number of benzene rings is 2. The first kappa shape index (κ1) is 33.5. The van der Waals surface area contributed by atoms with Crippen LogP contribution in [0.1, 0.15) is 108 Å². The summed E-state index contributed by atoms with van der Waals surface area (Å²) in [5, 5.41) is 9.34. The van der Waals surface area contributed by atoms with Gasteiger partial charge in [0.2, 0.25) is 5.88 Å². The maximum atomic E-state index is 11.4. The Morgan fingerprint density at radius 2 is 1.84 bits per heavy atom. The quantitative estimate of drug-likeness (QED) is 0.278. The Balaban J connectivity index is 0.000000818. The molecule has 1 saturated carbocycles. The smallest absolute Gasteiger partial charge is 0.306 e. The molecule has 6 nitrogen and oxygen atoms in total. The van der Waals surface area contributed by atoms with Crippen LogP contribution in [0.5, 0.6) is 11.6 Å². The number of hydrogen-bond donors (Lipinski definition) is 1. The number of carbonyl (C=O) groups is 1. The van der Waals surface area contributed by atoms with Gasteiger partial charge in [-0.1, -0.05) is 76.8 Å². The van der Waals surface area contributed by atoms with Gasteiger partial charge in [0.25, 0.3) is 0 Å². The van der Waals surface area contributed by atoms with E-state index in [9.17, 15) is 9.90 Å². The van der Waals surface area contributed by atoms with E-state index in [1.54, 1.807) is 20.2 Å². The van der Waals surface area contributed by atoms with Crippen LogP contribution in [0.4, 0.5) is 0 Å². The Hall–Kier alpha value is -3.38. The molecule has 2 aliphatic heterocycles. The number of methoxy groups -OCH3 is 1. The van der Waals surface area contributed by atoms with Crippen LogP contribution in [0.3, 0.4) is 0 Å². The maximum Gasteiger partial charge on any atom is 0.306 e. The predicted molar refractivity (Wildman–Crippen MR) is 178 cm³/mol. The molecule has 1 N–H and O–H groups in total. The predicted octanol–water partition coefficient (Wildman–Crippen LogP) is 9.05. The Bertz CT molecular complexity index is 1380. The van der Waals surface area contributed by atoms with Crippen molar-refractivity contribution in [3.8, 4) is 22.8 Å². The van der Waals surface area contributed by atoms with Crippen LogP contribution in [0.2, 0.25) is 0 Å². The van der Waals surface area contributed by atoms with Crippen LogP contribution in [-0.4, -0.2) is 40.2 Å². The molecule has 1 aromatic heterocycles. The van der Waals surface area contributed by atoms with Gasteiger partial charge >= 0.3 is 5.97 Å². The van der Waals surface area contributed by atoms with Crippen LogP contribution >= 0.6 is 0 Å². The van der Waals surface area contributed by atoms with Crippen molar-refractivity contribution in [2.75, 3.05) is 13.7 Å². The van der Waals surface area contributed by atoms with E-state index in [4.69, 9.17) is 9.47 Å². The zero-order valence-corrected chi connectivity index (χ0v) is 27.7. The average molecular weight is 601 g/mol. The fraction of sp³-hybridized carbons (Fsp3) is 0.526. The van der Waals surface area contributed by atoms with Gasteiger partial charge in [-0.25, -0.2) is 4.98 Å². The van der Waals surface area contributed by atoms with Crippen molar-refractivity contribution in [2.24, 2.45) is 5.92 Å². The second-order valence-electron chi connectivity index (χ2n) is 12.8. The molecule has 1 saturated heterocycles. The third-order valence-corrected chi connectivity index (χ3v) is 8.83. The number of aromatic nitrogens is 1. The normalized spacial score (nSPS) is 19.1. The number of aryl methyl sites for hydroxylation is 1. The number of hydrogen-bond acceptors (Lipinski definition) is 5. The van der Waals surface area contributed by atoms with E-state index >= 15 is 0 Å². The van der Waals surface area contributed by atoms with Crippen molar-refractivity contribution in [1.29, 1.82) is 0 Å². The van der Waals surface area contributed by atoms with Crippen molar-refractivity contribution >= 4 is 5.97 Å². The molecule has 3 aliphatic rings. The molecule has 0 radical (unpaired) electrons. The highest BCUT2D eigenvalue weighted by Crippen LogP contribution is 2.39. The van der Waals surface area contributed by atoms with Gasteiger partial charge in [-0.15, -0.1) is 0 Å². The number of carboxylic acids is 1. The van der Waals surface area contributed by atoms with Gasteiger partial charge in [0.15, 0.2) is 0 Å². The van der Waals surface area contributed by atoms with E-state index < -0.39 is 11.9 Å². The number of ether oxygens (including phenoxy) is 2. The first-order valence-corrected chi connectivity index (χ1v) is 16.6. The van der Waals surface area contributed by atoms with Crippen LogP contribution in [0.25, 0.3) is 11.1 Å². The number of pyridine rings is 1. The molecular formula is C38H52N2O4. The zero-order valence-electron chi connectivity index (χ0n) is 27.7. The molecule has 1 unspecified atom stereocenters. The molecule has 3 aromatic rings. The lowest BCUT2D eigenvalue weighted by atomic mass is 9.88. The monoisotopic (exact) mass is 600 g/mol. The summed E-state index contributed by atoms with van der Waals surface area (Å²) in [6.45, 7) is 12.4. The molecule has 238 valence electrons. The van der Waals surface area contributed by atoms with Crippen molar-refractivity contribution in [3.63, 3.8) is 0 Å². The highest BCUT2D eigenvalue weighted by Gasteiger charge is 2.31. The summed E-state index contributed by atoms with van der Waals surface area (Å²) in [5.41, 5.74) is 7.11. The number of aliphatic carboxylic acids is 1. The minimum atomic E-state index is -0.775. The molecule has 6 rings (SSSR count). The van der Waals surface area contributed by atoms with E-state index in [1.165, 1.54) is 60.8 Å². The van der Waals surface area contributed by atoms with Crippen molar-refractivity contribution in [3.05, 3.63) is 77.0 Å². The summed E-state index contributed by atoms with van der Waals surface area (Å²) >= 11 is 0. The number of carboxylic acid groups (broad SMARTS) is 1. The summed E-state index contributed by atoms with van der Waals surface area (Å²) in [7, 11) is 1.65. The van der Waals surface area contributed by atoms with Gasteiger partial charge in [0.1, 0.15) is 11.9 Å². The fourth-order valence-electron chi connectivity index (χ4n) is 5.95. The Morgan fingerprint density at radius 3 is 2.52 bits per heavy atom. The molecular weight excluding hydrogens is 548 g/mol. The Labute approximate surface area is 264 Å². The summed E-state index contributed by atoms with van der Waals surface area (Å²) < 4.78 is 12.0. The van der Waals surface area contributed by atoms with Gasteiger partial charge in [-0.05, 0) is 98.0 Å². The number of nitrogens with zero attached hydrogens (tertiary/aromatic N) is 2. The summed E-state index contributed by atoms with van der Waals surface area (Å²) in [5.74, 6) is 0.287. The lowest BCUT2D eigenvalue weighted by molar-refractivity contribution is -0.141. The van der Waals surface area contributed by atoms with E-state index in [0.717, 1.165) is 42.8 Å². The largest absolute Gasteiger partial charge is 0.485 e. The second kappa shape index (κ2) is 15.6. The molecule has 2 fully saturated rings. The van der Waals surface area contributed by atoms with E-state index in [2.05, 4.69) is 54.1 Å². The molecule has 0 spiro atoms. The Kier molecular flexibility index (Phi) is 11.9.